The molecule has 0 unspecified atom stereocenters. The molecule has 5 heteroatoms. The number of anilines is 1. The van der Waals surface area contributed by atoms with Crippen LogP contribution in [0.3, 0.4) is 0 Å². The van der Waals surface area contributed by atoms with E-state index < -0.39 is 0 Å². The molecule has 1 aromatic carbocycles. The minimum absolute atomic E-state index is 0.189. The highest BCUT2D eigenvalue weighted by Gasteiger charge is 2.06. The third-order valence-corrected chi connectivity index (χ3v) is 3.12. The maximum atomic E-state index is 11.9. The van der Waals surface area contributed by atoms with Crippen LogP contribution in [0.15, 0.2) is 47.1 Å². The second kappa shape index (κ2) is 5.98. The molecule has 2 rings (SSSR count). The van der Waals surface area contributed by atoms with Gasteiger partial charge in [0.1, 0.15) is 5.82 Å². The summed E-state index contributed by atoms with van der Waals surface area (Å²) in [4.78, 5) is 16.0. The molecule has 0 radical (unpaired) electrons. The lowest BCUT2D eigenvalue weighted by Crippen LogP contribution is -2.12. The second-order valence-electron chi connectivity index (χ2n) is 3.65. The average Bonchev–Trinajstić information content (AvgIpc) is 2.41. The first-order chi connectivity index (χ1) is 8.69. The van der Waals surface area contributed by atoms with Crippen molar-refractivity contribution in [3.8, 4) is 0 Å². The zero-order chi connectivity index (χ0) is 13.0. The van der Waals surface area contributed by atoms with Gasteiger partial charge in [0.15, 0.2) is 0 Å². The zero-order valence-corrected chi connectivity index (χ0v) is 11.7. The summed E-state index contributed by atoms with van der Waals surface area (Å²) in [5.41, 5.74) is 1.56. The highest BCUT2D eigenvalue weighted by molar-refractivity contribution is 9.10. The molecule has 1 amide bonds. The van der Waals surface area contributed by atoms with Crippen LogP contribution in [0, 0.1) is 0 Å². The minimum Gasteiger partial charge on any atom is -0.307 e. The van der Waals surface area contributed by atoms with E-state index in [-0.39, 0.29) is 5.91 Å². The number of benzene rings is 1. The zero-order valence-electron chi connectivity index (χ0n) is 9.36. The van der Waals surface area contributed by atoms with Crippen molar-refractivity contribution < 1.29 is 4.79 Å². The summed E-state index contributed by atoms with van der Waals surface area (Å²) in [6.45, 7) is 0. The number of rotatable bonds is 3. The largest absolute Gasteiger partial charge is 0.307 e. The van der Waals surface area contributed by atoms with Crippen molar-refractivity contribution in [3.63, 3.8) is 0 Å². The van der Waals surface area contributed by atoms with E-state index in [9.17, 15) is 4.79 Å². The van der Waals surface area contributed by atoms with Crippen LogP contribution in [0.4, 0.5) is 5.82 Å². The van der Waals surface area contributed by atoms with Gasteiger partial charge < -0.3 is 5.32 Å². The van der Waals surface area contributed by atoms with Crippen LogP contribution in [-0.2, 0) is 5.88 Å². The molecule has 1 aromatic heterocycles. The average molecular weight is 326 g/mol. The van der Waals surface area contributed by atoms with Gasteiger partial charge in [-0.25, -0.2) is 4.98 Å². The Kier molecular flexibility index (Phi) is 4.33. The molecule has 2 aromatic rings. The van der Waals surface area contributed by atoms with Crippen molar-refractivity contribution in [3.05, 3.63) is 58.2 Å². The number of pyridine rings is 1. The number of alkyl halides is 1. The Morgan fingerprint density at radius 3 is 2.50 bits per heavy atom. The predicted octanol–water partition coefficient (Wildman–Crippen LogP) is 3.84. The van der Waals surface area contributed by atoms with Gasteiger partial charge in [0.2, 0.25) is 0 Å². The molecule has 18 heavy (non-hydrogen) atoms. The number of nitrogens with zero attached hydrogens (tertiary/aromatic N) is 1. The highest BCUT2D eigenvalue weighted by Crippen LogP contribution is 2.12. The number of carbonyl (C=O) groups is 1. The summed E-state index contributed by atoms with van der Waals surface area (Å²) in [5.74, 6) is 0.770. The van der Waals surface area contributed by atoms with Crippen molar-refractivity contribution in [1.29, 1.82) is 0 Å². The van der Waals surface area contributed by atoms with E-state index in [2.05, 4.69) is 26.2 Å². The number of nitrogens with one attached hydrogen (secondary N) is 1. The van der Waals surface area contributed by atoms with Crippen LogP contribution in [0.1, 0.15) is 15.9 Å². The standard InChI is InChI=1S/C13H10BrClN2O/c14-11-5-6-12(16-8-11)17-13(18)10-3-1-9(7-15)2-4-10/h1-6,8H,7H2,(H,16,17,18). The van der Waals surface area contributed by atoms with Gasteiger partial charge in [-0.05, 0) is 45.8 Å². The Labute approximate surface area is 118 Å². The summed E-state index contributed by atoms with van der Waals surface area (Å²) in [7, 11) is 0. The number of halogens is 2. The molecule has 0 spiro atoms. The third-order valence-electron chi connectivity index (χ3n) is 2.34. The fourth-order valence-electron chi connectivity index (χ4n) is 1.38. The van der Waals surface area contributed by atoms with E-state index in [1.807, 2.05) is 18.2 Å². The number of hydrogen-bond donors (Lipinski definition) is 1. The lowest BCUT2D eigenvalue weighted by atomic mass is 10.1. The Balaban J connectivity index is 2.09. The van der Waals surface area contributed by atoms with Crippen molar-refractivity contribution in [2.45, 2.75) is 5.88 Å². The molecule has 3 nitrogen and oxygen atoms in total. The maximum Gasteiger partial charge on any atom is 0.256 e. The highest BCUT2D eigenvalue weighted by atomic mass is 79.9. The van der Waals surface area contributed by atoms with Crippen molar-refractivity contribution >= 4 is 39.3 Å². The fourth-order valence-corrected chi connectivity index (χ4v) is 1.80. The van der Waals surface area contributed by atoms with E-state index in [1.54, 1.807) is 24.4 Å². The molecule has 0 aliphatic rings. The van der Waals surface area contributed by atoms with Crippen LogP contribution in [0.25, 0.3) is 0 Å². The molecule has 0 bridgehead atoms. The first-order valence-corrected chi connectivity index (χ1v) is 6.59. The van der Waals surface area contributed by atoms with E-state index in [1.165, 1.54) is 0 Å². The van der Waals surface area contributed by atoms with Gasteiger partial charge in [0.05, 0.1) is 0 Å². The van der Waals surface area contributed by atoms with Crippen LogP contribution < -0.4 is 5.32 Å². The van der Waals surface area contributed by atoms with Gasteiger partial charge in [0.25, 0.3) is 5.91 Å². The van der Waals surface area contributed by atoms with E-state index in [4.69, 9.17) is 11.6 Å². The van der Waals surface area contributed by atoms with Crippen LogP contribution in [0.5, 0.6) is 0 Å². The van der Waals surface area contributed by atoms with E-state index >= 15 is 0 Å². The monoisotopic (exact) mass is 324 g/mol. The molecule has 1 N–H and O–H groups in total. The molecule has 0 atom stereocenters. The molecule has 1 heterocycles. The van der Waals surface area contributed by atoms with Gasteiger partial charge in [-0.2, -0.15) is 0 Å². The van der Waals surface area contributed by atoms with Crippen LogP contribution >= 0.6 is 27.5 Å². The molecule has 0 fully saturated rings. The van der Waals surface area contributed by atoms with Crippen molar-refractivity contribution in [2.75, 3.05) is 5.32 Å². The smallest absolute Gasteiger partial charge is 0.256 e. The minimum atomic E-state index is -0.189. The maximum absolute atomic E-state index is 11.9. The topological polar surface area (TPSA) is 42.0 Å². The summed E-state index contributed by atoms with van der Waals surface area (Å²) < 4.78 is 0.868. The third kappa shape index (κ3) is 3.31. The van der Waals surface area contributed by atoms with E-state index in [0.29, 0.717) is 17.3 Å². The Morgan fingerprint density at radius 1 is 1.22 bits per heavy atom. The SMILES string of the molecule is O=C(Nc1ccc(Br)cn1)c1ccc(CCl)cc1. The first kappa shape index (κ1) is 13.1. The molecule has 0 saturated heterocycles. The number of hydrogen-bond acceptors (Lipinski definition) is 2. The number of carbonyl (C=O) groups excluding carboxylic acids is 1. The van der Waals surface area contributed by atoms with Crippen molar-refractivity contribution in [1.82, 2.24) is 4.98 Å². The summed E-state index contributed by atoms with van der Waals surface area (Å²) in [5, 5.41) is 2.72. The fraction of sp³-hybridized carbons (Fsp3) is 0.0769. The van der Waals surface area contributed by atoms with Gasteiger partial charge in [0, 0.05) is 22.1 Å². The Hall–Kier alpha value is -1.39. The quantitative estimate of drug-likeness (QED) is 0.871. The molecule has 0 aliphatic heterocycles. The van der Waals surface area contributed by atoms with Gasteiger partial charge in [-0.15, -0.1) is 11.6 Å². The second-order valence-corrected chi connectivity index (χ2v) is 4.83. The Morgan fingerprint density at radius 2 is 1.94 bits per heavy atom. The molecule has 0 aliphatic carbocycles. The van der Waals surface area contributed by atoms with Crippen LogP contribution in [-0.4, -0.2) is 10.9 Å². The number of amides is 1. The normalized spacial score (nSPS) is 10.1. The predicted molar refractivity (Wildman–Crippen MR) is 75.9 cm³/mol. The van der Waals surface area contributed by atoms with Gasteiger partial charge >= 0.3 is 0 Å². The first-order valence-electron chi connectivity index (χ1n) is 5.27. The number of aromatic nitrogens is 1. The lowest BCUT2D eigenvalue weighted by Gasteiger charge is -2.04. The summed E-state index contributed by atoms with van der Waals surface area (Å²) in [6.07, 6.45) is 1.63. The van der Waals surface area contributed by atoms with Gasteiger partial charge in [-0.1, -0.05) is 12.1 Å². The molecular formula is C13H10BrClN2O. The Bertz CT molecular complexity index is 540. The molecule has 0 saturated carbocycles. The summed E-state index contributed by atoms with van der Waals surface area (Å²) >= 11 is 8.97. The van der Waals surface area contributed by atoms with Crippen LogP contribution in [0.2, 0.25) is 0 Å². The van der Waals surface area contributed by atoms with Gasteiger partial charge in [-0.3, -0.25) is 4.79 Å². The molecular weight excluding hydrogens is 316 g/mol. The van der Waals surface area contributed by atoms with E-state index in [0.717, 1.165) is 10.0 Å². The summed E-state index contributed by atoms with van der Waals surface area (Å²) in [6, 6.07) is 10.7. The molecule has 92 valence electrons. The lowest BCUT2D eigenvalue weighted by molar-refractivity contribution is 0.102. The van der Waals surface area contributed by atoms with Crippen molar-refractivity contribution in [2.24, 2.45) is 0 Å².